The van der Waals surface area contributed by atoms with Crippen LogP contribution in [-0.4, -0.2) is 5.11 Å². The first kappa shape index (κ1) is 15.6. The van der Waals surface area contributed by atoms with E-state index >= 15 is 0 Å². The second kappa shape index (κ2) is 6.31. The molecule has 112 valence electrons. The Bertz CT molecular complexity index is 570. The van der Waals surface area contributed by atoms with E-state index in [1.54, 1.807) is 0 Å². The van der Waals surface area contributed by atoms with E-state index < -0.39 is 17.8 Å². The minimum Gasteiger partial charge on any atom is -0.388 e. The second-order valence-corrected chi connectivity index (χ2v) is 5.01. The van der Waals surface area contributed by atoms with Gasteiger partial charge in [0.15, 0.2) is 0 Å². The van der Waals surface area contributed by atoms with Crippen molar-refractivity contribution in [1.29, 1.82) is 0 Å². The van der Waals surface area contributed by atoms with Gasteiger partial charge in [-0.2, -0.15) is 13.2 Å². The van der Waals surface area contributed by atoms with Crippen molar-refractivity contribution in [3.63, 3.8) is 0 Å². The zero-order valence-electron chi connectivity index (χ0n) is 11.7. The molecule has 4 heteroatoms. The number of aliphatic hydroxyl groups excluding tert-OH is 1. The highest BCUT2D eigenvalue weighted by atomic mass is 19.4. The minimum atomic E-state index is -4.33. The molecule has 2 aromatic carbocycles. The lowest BCUT2D eigenvalue weighted by Crippen LogP contribution is -2.06. The summed E-state index contributed by atoms with van der Waals surface area (Å²) >= 11 is 0. The molecule has 2 rings (SSSR count). The maximum Gasteiger partial charge on any atom is 0.416 e. The van der Waals surface area contributed by atoms with Gasteiger partial charge in [-0.3, -0.25) is 0 Å². The summed E-state index contributed by atoms with van der Waals surface area (Å²) in [5, 5.41) is 10.1. The standard InChI is InChI=1S/C17H17F3O/c1-2-12-3-7-14(8-4-12)16(21)11-13-5-9-15(10-6-13)17(18,19)20/h3-10,16,21H,2,11H2,1H3. The highest BCUT2D eigenvalue weighted by molar-refractivity contribution is 5.28. The van der Waals surface area contributed by atoms with Crippen molar-refractivity contribution in [3.05, 3.63) is 70.8 Å². The summed E-state index contributed by atoms with van der Waals surface area (Å²) in [7, 11) is 0. The summed E-state index contributed by atoms with van der Waals surface area (Å²) in [6, 6.07) is 12.5. The first-order valence-electron chi connectivity index (χ1n) is 6.83. The van der Waals surface area contributed by atoms with E-state index in [-0.39, 0.29) is 0 Å². The molecule has 1 atom stereocenters. The Labute approximate surface area is 122 Å². The fourth-order valence-corrected chi connectivity index (χ4v) is 2.15. The van der Waals surface area contributed by atoms with Gasteiger partial charge in [-0.25, -0.2) is 0 Å². The molecule has 1 unspecified atom stereocenters. The van der Waals surface area contributed by atoms with Crippen LogP contribution in [-0.2, 0) is 19.0 Å². The molecule has 2 aromatic rings. The van der Waals surface area contributed by atoms with Crippen molar-refractivity contribution < 1.29 is 18.3 Å². The Morgan fingerprint density at radius 1 is 0.905 bits per heavy atom. The average Bonchev–Trinajstić information content (AvgIpc) is 2.47. The van der Waals surface area contributed by atoms with Crippen molar-refractivity contribution in [3.8, 4) is 0 Å². The number of aryl methyl sites for hydroxylation is 1. The third kappa shape index (κ3) is 4.08. The fraction of sp³-hybridized carbons (Fsp3) is 0.294. The van der Waals surface area contributed by atoms with Gasteiger partial charge in [0.25, 0.3) is 0 Å². The molecular formula is C17H17F3O. The van der Waals surface area contributed by atoms with E-state index in [4.69, 9.17) is 0 Å². The molecule has 0 radical (unpaired) electrons. The minimum absolute atomic E-state index is 0.295. The van der Waals surface area contributed by atoms with Crippen molar-refractivity contribution >= 4 is 0 Å². The number of rotatable bonds is 4. The molecule has 0 saturated heterocycles. The normalized spacial score (nSPS) is 13.2. The Balaban J connectivity index is 2.06. The summed E-state index contributed by atoms with van der Waals surface area (Å²) in [5.74, 6) is 0. The second-order valence-electron chi connectivity index (χ2n) is 5.01. The van der Waals surface area contributed by atoms with E-state index in [1.807, 2.05) is 31.2 Å². The first-order chi connectivity index (χ1) is 9.90. The van der Waals surface area contributed by atoms with Gasteiger partial charge in [0, 0.05) is 6.42 Å². The smallest absolute Gasteiger partial charge is 0.388 e. The van der Waals surface area contributed by atoms with Crippen LogP contribution < -0.4 is 0 Å². The molecule has 0 bridgehead atoms. The fourth-order valence-electron chi connectivity index (χ4n) is 2.15. The van der Waals surface area contributed by atoms with E-state index in [2.05, 4.69) is 0 Å². The lowest BCUT2D eigenvalue weighted by atomic mass is 9.99. The van der Waals surface area contributed by atoms with Gasteiger partial charge in [0.2, 0.25) is 0 Å². The van der Waals surface area contributed by atoms with Gasteiger partial charge < -0.3 is 5.11 Å². The molecule has 0 aliphatic carbocycles. The van der Waals surface area contributed by atoms with E-state index in [1.165, 1.54) is 17.7 Å². The molecule has 0 saturated carbocycles. The van der Waals surface area contributed by atoms with Gasteiger partial charge >= 0.3 is 6.18 Å². The quantitative estimate of drug-likeness (QED) is 0.877. The number of benzene rings is 2. The Kier molecular flexibility index (Phi) is 4.68. The third-order valence-corrected chi connectivity index (χ3v) is 3.48. The Morgan fingerprint density at radius 3 is 1.90 bits per heavy atom. The molecule has 0 spiro atoms. The van der Waals surface area contributed by atoms with Crippen LogP contribution in [0.2, 0.25) is 0 Å². The average molecular weight is 294 g/mol. The lowest BCUT2D eigenvalue weighted by Gasteiger charge is -2.13. The van der Waals surface area contributed by atoms with E-state index in [0.717, 1.165) is 24.1 Å². The van der Waals surface area contributed by atoms with Crippen molar-refractivity contribution in [1.82, 2.24) is 0 Å². The van der Waals surface area contributed by atoms with Crippen molar-refractivity contribution in [2.24, 2.45) is 0 Å². The summed E-state index contributed by atoms with van der Waals surface area (Å²) in [6.07, 6.45) is -3.82. The van der Waals surface area contributed by atoms with Gasteiger partial charge in [-0.15, -0.1) is 0 Å². The Morgan fingerprint density at radius 2 is 1.43 bits per heavy atom. The predicted octanol–water partition coefficient (Wildman–Crippen LogP) is 4.54. The number of alkyl halides is 3. The molecule has 1 N–H and O–H groups in total. The molecule has 0 fully saturated rings. The molecule has 0 aromatic heterocycles. The van der Waals surface area contributed by atoms with Crippen LogP contribution in [0, 0.1) is 0 Å². The maximum absolute atomic E-state index is 12.5. The van der Waals surface area contributed by atoms with Crippen LogP contribution in [0.3, 0.4) is 0 Å². The molecule has 0 heterocycles. The van der Waals surface area contributed by atoms with Crippen LogP contribution in [0.1, 0.15) is 35.3 Å². The molecule has 1 nitrogen and oxygen atoms in total. The number of hydrogen-bond acceptors (Lipinski definition) is 1. The largest absolute Gasteiger partial charge is 0.416 e. The van der Waals surface area contributed by atoms with E-state index in [9.17, 15) is 18.3 Å². The van der Waals surface area contributed by atoms with Crippen LogP contribution in [0.4, 0.5) is 13.2 Å². The zero-order valence-corrected chi connectivity index (χ0v) is 11.7. The monoisotopic (exact) mass is 294 g/mol. The van der Waals surface area contributed by atoms with Gasteiger partial charge in [-0.05, 0) is 35.2 Å². The van der Waals surface area contributed by atoms with E-state index in [0.29, 0.717) is 12.0 Å². The van der Waals surface area contributed by atoms with Crippen LogP contribution in [0.15, 0.2) is 48.5 Å². The predicted molar refractivity (Wildman–Crippen MR) is 75.9 cm³/mol. The van der Waals surface area contributed by atoms with Crippen molar-refractivity contribution in [2.75, 3.05) is 0 Å². The summed E-state index contributed by atoms with van der Waals surface area (Å²) in [6.45, 7) is 2.05. The highest BCUT2D eigenvalue weighted by Gasteiger charge is 2.29. The SMILES string of the molecule is CCc1ccc(C(O)Cc2ccc(C(F)(F)F)cc2)cc1. The van der Waals surface area contributed by atoms with Gasteiger partial charge in [-0.1, -0.05) is 43.3 Å². The van der Waals surface area contributed by atoms with Crippen molar-refractivity contribution in [2.45, 2.75) is 32.0 Å². The van der Waals surface area contributed by atoms with Crippen LogP contribution in [0.25, 0.3) is 0 Å². The highest BCUT2D eigenvalue weighted by Crippen LogP contribution is 2.29. The summed E-state index contributed by atoms with van der Waals surface area (Å²) in [4.78, 5) is 0. The molecule has 0 amide bonds. The number of aliphatic hydroxyl groups is 1. The number of halogens is 3. The maximum atomic E-state index is 12.5. The Hall–Kier alpha value is -1.81. The lowest BCUT2D eigenvalue weighted by molar-refractivity contribution is -0.137. The topological polar surface area (TPSA) is 20.2 Å². The molecular weight excluding hydrogens is 277 g/mol. The molecule has 0 aliphatic rings. The van der Waals surface area contributed by atoms with Gasteiger partial charge in [0.05, 0.1) is 11.7 Å². The van der Waals surface area contributed by atoms with Gasteiger partial charge in [0.1, 0.15) is 0 Å². The number of hydrogen-bond donors (Lipinski definition) is 1. The summed E-state index contributed by atoms with van der Waals surface area (Å²) < 4.78 is 37.4. The van der Waals surface area contributed by atoms with Crippen LogP contribution in [0.5, 0.6) is 0 Å². The third-order valence-electron chi connectivity index (χ3n) is 3.48. The molecule has 21 heavy (non-hydrogen) atoms. The molecule has 0 aliphatic heterocycles. The summed E-state index contributed by atoms with van der Waals surface area (Å²) in [5.41, 5.74) is 1.95. The first-order valence-corrected chi connectivity index (χ1v) is 6.83. The van der Waals surface area contributed by atoms with Crippen LogP contribution >= 0.6 is 0 Å². The zero-order chi connectivity index (χ0) is 15.5.